The van der Waals surface area contributed by atoms with Crippen molar-refractivity contribution < 1.29 is 23.1 Å². The van der Waals surface area contributed by atoms with Crippen molar-refractivity contribution in [1.82, 2.24) is 5.27 Å². The van der Waals surface area contributed by atoms with Gasteiger partial charge in [-0.25, -0.2) is 9.18 Å². The molecule has 0 saturated heterocycles. The van der Waals surface area contributed by atoms with Crippen molar-refractivity contribution in [2.24, 2.45) is 0 Å². The van der Waals surface area contributed by atoms with Crippen LogP contribution in [0.5, 0.6) is 5.75 Å². The number of carbonyl (C=O) groups excluding carboxylic acids is 1. The molecule has 0 fully saturated rings. The maximum Gasteiger partial charge on any atom is 0.442 e. The molecule has 7 nitrogen and oxygen atoms in total. The van der Waals surface area contributed by atoms with Gasteiger partial charge in [-0.15, -0.1) is 0 Å². The number of rotatable bonds is 6. The molecule has 2 aromatic carbocycles. The summed E-state index contributed by atoms with van der Waals surface area (Å²) in [5.41, 5.74) is 0.541. The Hall–Kier alpha value is -3.07. The van der Waals surface area contributed by atoms with E-state index >= 15 is 0 Å². The molecule has 3 aromatic rings. The molecule has 0 atom stereocenters. The van der Waals surface area contributed by atoms with Gasteiger partial charge in [-0.1, -0.05) is 0 Å². The van der Waals surface area contributed by atoms with Gasteiger partial charge in [0.1, 0.15) is 11.6 Å². The first kappa shape index (κ1) is 17.7. The molecule has 3 rings (SSSR count). The van der Waals surface area contributed by atoms with Crippen LogP contribution in [-0.2, 0) is 4.79 Å². The number of anilines is 1. The summed E-state index contributed by atoms with van der Waals surface area (Å²) >= 11 is 1.02. The van der Waals surface area contributed by atoms with Crippen molar-refractivity contribution in [3.05, 3.63) is 64.8 Å². The van der Waals surface area contributed by atoms with Crippen LogP contribution in [0.15, 0.2) is 62.9 Å². The summed E-state index contributed by atoms with van der Waals surface area (Å²) in [4.78, 5) is 23.9. The van der Waals surface area contributed by atoms with Gasteiger partial charge in [0, 0.05) is 17.8 Å². The van der Waals surface area contributed by atoms with Gasteiger partial charge in [-0.05, 0) is 58.1 Å². The van der Waals surface area contributed by atoms with Gasteiger partial charge < -0.3 is 10.1 Å². The second-order valence-electron chi connectivity index (χ2n) is 5.16. The molecule has 0 spiro atoms. The van der Waals surface area contributed by atoms with Crippen LogP contribution in [-0.4, -0.2) is 24.0 Å². The number of hydrogen-bond acceptors (Lipinski definition) is 5. The van der Waals surface area contributed by atoms with Gasteiger partial charge in [0.15, 0.2) is 0 Å². The van der Waals surface area contributed by atoms with E-state index in [-0.39, 0.29) is 22.5 Å². The van der Waals surface area contributed by atoms with Crippen LogP contribution in [0.1, 0.15) is 0 Å². The molecule has 0 bridgehead atoms. The smallest absolute Gasteiger partial charge is 0.442 e. The molecule has 9 heteroatoms. The topological polar surface area (TPSA) is 88.2 Å². The summed E-state index contributed by atoms with van der Waals surface area (Å²) in [5, 5.41) is 5.36. The number of carbonyl (C=O) groups is 1. The van der Waals surface area contributed by atoms with Crippen LogP contribution >= 0.6 is 11.8 Å². The minimum atomic E-state index is -0.583. The van der Waals surface area contributed by atoms with Crippen molar-refractivity contribution in [3.63, 3.8) is 0 Å². The normalized spacial score (nSPS) is 10.5. The quantitative estimate of drug-likeness (QED) is 0.508. The number of aromatic amines is 1. The largest absolute Gasteiger partial charge is 0.497 e. The SMILES string of the molecule is COc1ccc(-[n+]2[nH]oc(=O)c2SCC(=O)Nc2ccc(F)cc2)cc1. The summed E-state index contributed by atoms with van der Waals surface area (Å²) in [6, 6.07) is 12.4. The minimum absolute atomic E-state index is 0.0177. The fourth-order valence-corrected chi connectivity index (χ4v) is 2.92. The zero-order valence-electron chi connectivity index (χ0n) is 13.7. The Morgan fingerprint density at radius 2 is 1.92 bits per heavy atom. The van der Waals surface area contributed by atoms with Gasteiger partial charge in [0.05, 0.1) is 12.9 Å². The maximum absolute atomic E-state index is 12.9. The first-order chi connectivity index (χ1) is 12.6. The lowest BCUT2D eigenvalue weighted by molar-refractivity contribution is -0.704. The van der Waals surface area contributed by atoms with Crippen LogP contribution < -0.4 is 20.4 Å². The first-order valence-electron chi connectivity index (χ1n) is 7.53. The maximum atomic E-state index is 12.9. The third-order valence-electron chi connectivity index (χ3n) is 3.41. The van der Waals surface area contributed by atoms with E-state index in [1.165, 1.54) is 28.9 Å². The molecule has 26 heavy (non-hydrogen) atoms. The number of hydrogen-bond donors (Lipinski definition) is 2. The average Bonchev–Trinajstić information content (AvgIpc) is 3.02. The highest BCUT2D eigenvalue weighted by atomic mass is 32.2. The summed E-state index contributed by atoms with van der Waals surface area (Å²) in [7, 11) is 1.56. The number of methoxy groups -OCH3 is 1. The molecular formula is C17H15FN3O4S+. The highest BCUT2D eigenvalue weighted by Gasteiger charge is 2.25. The van der Waals surface area contributed by atoms with Crippen molar-refractivity contribution >= 4 is 23.4 Å². The fraction of sp³-hybridized carbons (Fsp3) is 0.118. The summed E-state index contributed by atoms with van der Waals surface area (Å²) in [5.74, 6) is -0.0599. The molecule has 1 amide bonds. The lowest BCUT2D eigenvalue weighted by Crippen LogP contribution is -2.36. The van der Waals surface area contributed by atoms with Crippen molar-refractivity contribution in [1.29, 1.82) is 0 Å². The molecule has 134 valence electrons. The van der Waals surface area contributed by atoms with Crippen LogP contribution in [0.25, 0.3) is 5.69 Å². The Balaban J connectivity index is 1.69. The van der Waals surface area contributed by atoms with Gasteiger partial charge in [-0.2, -0.15) is 0 Å². The fourth-order valence-electron chi connectivity index (χ4n) is 2.15. The van der Waals surface area contributed by atoms with E-state index in [0.29, 0.717) is 17.1 Å². The molecule has 0 aliphatic carbocycles. The molecule has 0 aliphatic rings. The first-order valence-corrected chi connectivity index (χ1v) is 8.51. The molecule has 0 aliphatic heterocycles. The van der Waals surface area contributed by atoms with E-state index in [9.17, 15) is 14.0 Å². The van der Waals surface area contributed by atoms with Gasteiger partial charge in [-0.3, -0.25) is 9.32 Å². The lowest BCUT2D eigenvalue weighted by atomic mass is 10.3. The highest BCUT2D eigenvalue weighted by molar-refractivity contribution is 7.99. The number of nitrogens with one attached hydrogen (secondary N) is 2. The molecule has 1 aromatic heterocycles. The minimum Gasteiger partial charge on any atom is -0.497 e. The Bertz CT molecular complexity index is 951. The Kier molecular flexibility index (Phi) is 5.37. The zero-order chi connectivity index (χ0) is 18.5. The zero-order valence-corrected chi connectivity index (χ0v) is 14.5. The number of ether oxygens (including phenoxy) is 1. The van der Waals surface area contributed by atoms with E-state index in [1.807, 2.05) is 0 Å². The monoisotopic (exact) mass is 376 g/mol. The number of H-pyrrole nitrogens is 1. The third-order valence-corrected chi connectivity index (χ3v) is 4.44. The summed E-state index contributed by atoms with van der Waals surface area (Å²) < 4.78 is 24.2. The lowest BCUT2D eigenvalue weighted by Gasteiger charge is -2.03. The van der Waals surface area contributed by atoms with Gasteiger partial charge >= 0.3 is 10.7 Å². The second kappa shape index (κ2) is 7.87. The Morgan fingerprint density at radius 1 is 1.23 bits per heavy atom. The Morgan fingerprint density at radius 3 is 2.58 bits per heavy atom. The predicted octanol–water partition coefficient (Wildman–Crippen LogP) is 2.12. The average molecular weight is 376 g/mol. The highest BCUT2D eigenvalue weighted by Crippen LogP contribution is 2.15. The van der Waals surface area contributed by atoms with E-state index < -0.39 is 5.63 Å². The molecule has 1 heterocycles. The van der Waals surface area contributed by atoms with Crippen LogP contribution in [0.2, 0.25) is 0 Å². The van der Waals surface area contributed by atoms with E-state index in [0.717, 1.165) is 11.8 Å². The van der Waals surface area contributed by atoms with Crippen LogP contribution in [0, 0.1) is 5.82 Å². The van der Waals surface area contributed by atoms with Crippen molar-refractivity contribution in [2.45, 2.75) is 5.03 Å². The summed E-state index contributed by atoms with van der Waals surface area (Å²) in [6.07, 6.45) is 0. The number of benzene rings is 2. The predicted molar refractivity (Wildman–Crippen MR) is 93.2 cm³/mol. The molecule has 0 radical (unpaired) electrons. The number of thioether (sulfide) groups is 1. The van der Waals surface area contributed by atoms with E-state index in [4.69, 9.17) is 9.26 Å². The second-order valence-corrected chi connectivity index (χ2v) is 6.13. The molecule has 2 N–H and O–H groups in total. The van der Waals surface area contributed by atoms with Crippen LogP contribution in [0.4, 0.5) is 10.1 Å². The number of amides is 1. The summed E-state index contributed by atoms with van der Waals surface area (Å²) in [6.45, 7) is 0. The van der Waals surface area contributed by atoms with Crippen molar-refractivity contribution in [3.8, 4) is 11.4 Å². The van der Waals surface area contributed by atoms with Crippen LogP contribution in [0.3, 0.4) is 0 Å². The molecular weight excluding hydrogens is 361 g/mol. The molecule has 0 unspecified atom stereocenters. The Labute approximate surface area is 151 Å². The third kappa shape index (κ3) is 4.12. The standard InChI is InChI=1S/C17H14FN3O4S/c1-24-14-8-6-13(7-9-14)21-16(17(23)25-20-21)26-10-15(22)19-12-4-2-11(18)3-5-12/h2-9H,10H2,1H3,(H-,19,20,22,23)/p+1. The number of nitrogens with zero attached hydrogens (tertiary/aromatic N) is 1. The molecule has 0 saturated carbocycles. The number of halogens is 1. The van der Waals surface area contributed by atoms with E-state index in [2.05, 4.69) is 10.6 Å². The van der Waals surface area contributed by atoms with Crippen molar-refractivity contribution in [2.75, 3.05) is 18.2 Å². The van der Waals surface area contributed by atoms with Gasteiger partial charge in [0.25, 0.3) is 0 Å². The van der Waals surface area contributed by atoms with E-state index in [1.54, 1.807) is 31.4 Å². The number of aromatic nitrogens is 2. The van der Waals surface area contributed by atoms with Gasteiger partial charge in [0.2, 0.25) is 11.6 Å².